The van der Waals surface area contributed by atoms with Gasteiger partial charge in [0.05, 0.1) is 12.3 Å². The highest BCUT2D eigenvalue weighted by molar-refractivity contribution is 9.10. The summed E-state index contributed by atoms with van der Waals surface area (Å²) in [7, 11) is 0. The number of hydrogen-bond acceptors (Lipinski definition) is 4. The number of oxazole rings is 1. The molecule has 0 saturated carbocycles. The minimum absolute atomic E-state index is 0.351. The van der Waals surface area contributed by atoms with Crippen LogP contribution in [0.25, 0.3) is 11.5 Å². The molecule has 2 heterocycles. The lowest BCUT2D eigenvalue weighted by Gasteiger charge is -2.27. The summed E-state index contributed by atoms with van der Waals surface area (Å²) in [4.78, 5) is 16.6. The van der Waals surface area contributed by atoms with Crippen molar-refractivity contribution in [2.75, 3.05) is 6.61 Å². The lowest BCUT2D eigenvalue weighted by Crippen LogP contribution is -2.40. The van der Waals surface area contributed by atoms with Gasteiger partial charge in [0, 0.05) is 35.3 Å². The molecule has 0 radical (unpaired) electrons. The quantitative estimate of drug-likeness (QED) is 0.305. The monoisotopic (exact) mass is 508 g/mol. The third-order valence-electron chi connectivity index (χ3n) is 5.68. The van der Waals surface area contributed by atoms with Gasteiger partial charge in [-0.25, -0.2) is 9.78 Å². The third kappa shape index (κ3) is 5.20. The Morgan fingerprint density at radius 1 is 1.15 bits per heavy atom. The van der Waals surface area contributed by atoms with Crippen LogP contribution in [0.1, 0.15) is 23.9 Å². The normalized spacial score (nSPS) is 12.9. The van der Waals surface area contributed by atoms with E-state index in [1.807, 2.05) is 67.6 Å². The fourth-order valence-electron chi connectivity index (χ4n) is 3.69. The van der Waals surface area contributed by atoms with E-state index in [0.717, 1.165) is 32.8 Å². The molecule has 1 N–H and O–H groups in total. The molecule has 170 valence electrons. The van der Waals surface area contributed by atoms with Crippen LogP contribution in [-0.2, 0) is 23.2 Å². The molecule has 4 rings (SSSR count). The standard InChI is InChI=1S/C26H25BrN2O4/c1-18-23(28-24(33-18)20-6-4-3-5-7-20)13-15-32-22-10-8-19(9-11-22)16-26(2,25(30)31)29-14-12-21(27)17-29/h3-12,14,17H,13,15-16H2,1-2H3,(H,30,31)/t26-/m0/s1. The van der Waals surface area contributed by atoms with Gasteiger partial charge in [-0.2, -0.15) is 0 Å². The van der Waals surface area contributed by atoms with E-state index in [1.54, 1.807) is 23.9 Å². The zero-order chi connectivity index (χ0) is 23.4. The lowest BCUT2D eigenvalue weighted by atomic mass is 9.92. The van der Waals surface area contributed by atoms with Crippen molar-refractivity contribution < 1.29 is 19.1 Å². The Hall–Kier alpha value is -3.32. The molecule has 1 atom stereocenters. The van der Waals surface area contributed by atoms with Crippen molar-refractivity contribution in [2.24, 2.45) is 0 Å². The van der Waals surface area contributed by atoms with Crippen LogP contribution in [0.3, 0.4) is 0 Å². The van der Waals surface area contributed by atoms with Gasteiger partial charge in [0.2, 0.25) is 5.89 Å². The van der Waals surface area contributed by atoms with E-state index in [2.05, 4.69) is 20.9 Å². The van der Waals surface area contributed by atoms with E-state index in [4.69, 9.17) is 9.15 Å². The van der Waals surface area contributed by atoms with Gasteiger partial charge in [-0.05, 0) is 65.7 Å². The number of aliphatic carboxylic acids is 1. The van der Waals surface area contributed by atoms with Crippen LogP contribution in [0.4, 0.5) is 0 Å². The molecular weight excluding hydrogens is 484 g/mol. The van der Waals surface area contributed by atoms with Crippen LogP contribution >= 0.6 is 15.9 Å². The average Bonchev–Trinajstić information content (AvgIpc) is 3.41. The maximum Gasteiger partial charge on any atom is 0.329 e. The van der Waals surface area contributed by atoms with Gasteiger partial charge in [0.25, 0.3) is 0 Å². The molecule has 0 aliphatic rings. The van der Waals surface area contributed by atoms with Gasteiger partial charge in [-0.3, -0.25) is 0 Å². The average molecular weight is 509 g/mol. The van der Waals surface area contributed by atoms with E-state index in [0.29, 0.717) is 25.3 Å². The molecule has 2 aromatic heterocycles. The highest BCUT2D eigenvalue weighted by atomic mass is 79.9. The Morgan fingerprint density at radius 3 is 2.52 bits per heavy atom. The maximum absolute atomic E-state index is 12.0. The molecule has 0 aliphatic carbocycles. The van der Waals surface area contributed by atoms with Gasteiger partial charge < -0.3 is 18.8 Å². The number of carbonyl (C=O) groups is 1. The van der Waals surface area contributed by atoms with Crippen LogP contribution < -0.4 is 4.74 Å². The minimum atomic E-state index is -1.09. The minimum Gasteiger partial charge on any atom is -0.493 e. The Labute approximate surface area is 201 Å². The first-order valence-corrected chi connectivity index (χ1v) is 11.5. The van der Waals surface area contributed by atoms with Crippen LogP contribution in [0.2, 0.25) is 0 Å². The summed E-state index contributed by atoms with van der Waals surface area (Å²) in [5.74, 6) is 1.24. The van der Waals surface area contributed by atoms with Crippen molar-refractivity contribution in [1.29, 1.82) is 0 Å². The summed E-state index contributed by atoms with van der Waals surface area (Å²) < 4.78 is 14.3. The van der Waals surface area contributed by atoms with Gasteiger partial charge in [0.15, 0.2) is 0 Å². The summed E-state index contributed by atoms with van der Waals surface area (Å²) in [6, 6.07) is 19.2. The number of halogens is 1. The Bertz CT molecular complexity index is 1230. The number of benzene rings is 2. The van der Waals surface area contributed by atoms with Crippen LogP contribution in [0.15, 0.2) is 81.9 Å². The molecule has 4 aromatic rings. The first-order valence-electron chi connectivity index (χ1n) is 10.7. The molecule has 0 unspecified atom stereocenters. The highest BCUT2D eigenvalue weighted by Gasteiger charge is 2.35. The molecule has 7 heteroatoms. The lowest BCUT2D eigenvalue weighted by molar-refractivity contribution is -0.146. The molecular formula is C26H25BrN2O4. The van der Waals surface area contributed by atoms with Crippen LogP contribution in [0.5, 0.6) is 5.75 Å². The van der Waals surface area contributed by atoms with Gasteiger partial charge in [-0.15, -0.1) is 0 Å². The second kappa shape index (κ2) is 9.67. The highest BCUT2D eigenvalue weighted by Crippen LogP contribution is 2.27. The smallest absolute Gasteiger partial charge is 0.329 e. The summed E-state index contributed by atoms with van der Waals surface area (Å²) in [6.07, 6.45) is 4.53. The first kappa shape index (κ1) is 22.9. The predicted molar refractivity (Wildman–Crippen MR) is 129 cm³/mol. The largest absolute Gasteiger partial charge is 0.493 e. The zero-order valence-electron chi connectivity index (χ0n) is 18.5. The van der Waals surface area contributed by atoms with Crippen molar-refractivity contribution in [3.63, 3.8) is 0 Å². The molecule has 0 saturated heterocycles. The fourth-order valence-corrected chi connectivity index (χ4v) is 4.02. The number of nitrogens with zero attached hydrogens (tertiary/aromatic N) is 2. The summed E-state index contributed by atoms with van der Waals surface area (Å²) >= 11 is 3.39. The Balaban J connectivity index is 1.36. The molecule has 0 aliphatic heterocycles. The van der Waals surface area contributed by atoms with Crippen LogP contribution in [0, 0.1) is 6.92 Å². The van der Waals surface area contributed by atoms with Gasteiger partial charge in [0.1, 0.15) is 17.0 Å². The number of carboxylic acid groups (broad SMARTS) is 1. The van der Waals surface area contributed by atoms with Crippen molar-refractivity contribution >= 4 is 21.9 Å². The maximum atomic E-state index is 12.0. The molecule has 33 heavy (non-hydrogen) atoms. The molecule has 6 nitrogen and oxygen atoms in total. The molecule has 0 amide bonds. The van der Waals surface area contributed by atoms with Crippen molar-refractivity contribution in [3.8, 4) is 17.2 Å². The molecule has 2 aromatic carbocycles. The molecule has 0 spiro atoms. The molecule has 0 fully saturated rings. The number of rotatable bonds is 9. The number of hydrogen-bond donors (Lipinski definition) is 1. The summed E-state index contributed by atoms with van der Waals surface area (Å²) in [6.45, 7) is 4.09. The topological polar surface area (TPSA) is 77.5 Å². The first-order chi connectivity index (χ1) is 15.8. The van der Waals surface area contributed by atoms with Crippen LogP contribution in [-0.4, -0.2) is 27.2 Å². The van der Waals surface area contributed by atoms with E-state index >= 15 is 0 Å². The van der Waals surface area contributed by atoms with Gasteiger partial charge >= 0.3 is 5.97 Å². The SMILES string of the molecule is Cc1oc(-c2ccccc2)nc1CCOc1ccc(C[C@@](C)(C(=O)O)n2ccc(Br)c2)cc1. The summed E-state index contributed by atoms with van der Waals surface area (Å²) in [5, 5.41) is 9.86. The predicted octanol–water partition coefficient (Wildman–Crippen LogP) is 5.88. The second-order valence-corrected chi connectivity index (χ2v) is 9.04. The van der Waals surface area contributed by atoms with E-state index < -0.39 is 11.5 Å². The fraction of sp³-hybridized carbons (Fsp3) is 0.231. The number of ether oxygens (including phenoxy) is 1. The third-order valence-corrected chi connectivity index (χ3v) is 6.15. The second-order valence-electron chi connectivity index (χ2n) is 8.12. The van der Waals surface area contributed by atoms with Gasteiger partial charge in [-0.1, -0.05) is 30.3 Å². The van der Waals surface area contributed by atoms with E-state index in [-0.39, 0.29) is 0 Å². The number of aryl methyl sites for hydroxylation is 1. The number of aromatic nitrogens is 2. The zero-order valence-corrected chi connectivity index (χ0v) is 20.1. The van der Waals surface area contributed by atoms with Crippen molar-refractivity contribution in [1.82, 2.24) is 9.55 Å². The van der Waals surface area contributed by atoms with E-state index in [1.165, 1.54) is 0 Å². The van der Waals surface area contributed by atoms with Crippen molar-refractivity contribution in [3.05, 3.63) is 94.5 Å². The Morgan fingerprint density at radius 2 is 1.88 bits per heavy atom. The van der Waals surface area contributed by atoms with Crippen molar-refractivity contribution in [2.45, 2.75) is 32.2 Å². The summed E-state index contributed by atoms with van der Waals surface area (Å²) in [5.41, 5.74) is 1.65. The number of carboxylic acids is 1. The van der Waals surface area contributed by atoms with E-state index in [9.17, 15) is 9.90 Å². The Kier molecular flexibility index (Phi) is 6.70. The molecule has 0 bridgehead atoms.